The Morgan fingerprint density at radius 3 is 2.50 bits per heavy atom. The molecule has 5 nitrogen and oxygen atoms in total. The molecule has 0 spiro atoms. The highest BCUT2D eigenvalue weighted by Crippen LogP contribution is 2.34. The first-order valence-electron chi connectivity index (χ1n) is 6.74. The van der Waals surface area contributed by atoms with Gasteiger partial charge in [0.25, 0.3) is 0 Å². The van der Waals surface area contributed by atoms with Crippen LogP contribution in [0.4, 0.5) is 13.2 Å². The summed E-state index contributed by atoms with van der Waals surface area (Å²) in [5.74, 6) is 0.452. The second-order valence-corrected chi connectivity index (χ2v) is 5.74. The average molecular weight is 449 g/mol. The SMILES string of the molecule is COc1cc(CI)c(O)c(-n2nc3ccc(C(F)(F)F)cc3n2)c1. The molecule has 0 bridgehead atoms. The molecule has 0 aliphatic rings. The molecule has 3 aromatic rings. The lowest BCUT2D eigenvalue weighted by atomic mass is 10.2. The second-order valence-electron chi connectivity index (χ2n) is 4.98. The third-order valence-corrected chi connectivity index (χ3v) is 4.27. The number of alkyl halides is 4. The number of rotatable bonds is 3. The van der Waals surface area contributed by atoms with E-state index in [1.807, 2.05) is 0 Å². The minimum atomic E-state index is -4.45. The van der Waals surface area contributed by atoms with E-state index in [-0.39, 0.29) is 17.0 Å². The van der Waals surface area contributed by atoms with Gasteiger partial charge in [0.1, 0.15) is 28.2 Å². The Morgan fingerprint density at radius 2 is 1.88 bits per heavy atom. The molecule has 0 radical (unpaired) electrons. The summed E-state index contributed by atoms with van der Waals surface area (Å²) in [5.41, 5.74) is 0.433. The van der Waals surface area contributed by atoms with Crippen molar-refractivity contribution >= 4 is 33.6 Å². The van der Waals surface area contributed by atoms with Crippen LogP contribution in [-0.2, 0) is 10.6 Å². The Morgan fingerprint density at radius 1 is 1.17 bits per heavy atom. The lowest BCUT2D eigenvalue weighted by Gasteiger charge is -2.10. The molecular formula is C15H11F3IN3O2. The van der Waals surface area contributed by atoms with Crippen LogP contribution in [0.15, 0.2) is 30.3 Å². The van der Waals surface area contributed by atoms with Gasteiger partial charge in [-0.1, -0.05) is 22.6 Å². The molecule has 0 amide bonds. The van der Waals surface area contributed by atoms with E-state index >= 15 is 0 Å². The van der Waals surface area contributed by atoms with E-state index in [9.17, 15) is 18.3 Å². The number of phenolic OH excluding ortho intramolecular Hbond substituents is 1. The molecule has 0 aliphatic heterocycles. The van der Waals surface area contributed by atoms with Crippen molar-refractivity contribution in [1.82, 2.24) is 15.0 Å². The maximum atomic E-state index is 12.8. The standard InChI is InChI=1S/C15H11F3IN3O2/c1-24-10-4-8(7-19)14(23)13(6-10)22-20-11-3-2-9(15(16,17)18)5-12(11)21-22/h2-6,23H,7H2,1H3. The minimum Gasteiger partial charge on any atom is -0.505 e. The van der Waals surface area contributed by atoms with Gasteiger partial charge in [-0.3, -0.25) is 0 Å². The second kappa shape index (κ2) is 6.11. The van der Waals surface area contributed by atoms with Gasteiger partial charge in [0, 0.05) is 16.1 Å². The van der Waals surface area contributed by atoms with Crippen LogP contribution in [0.5, 0.6) is 11.5 Å². The minimum absolute atomic E-state index is 0.0402. The maximum absolute atomic E-state index is 12.8. The summed E-state index contributed by atoms with van der Waals surface area (Å²) < 4.78 is 44.1. The van der Waals surface area contributed by atoms with E-state index in [0.29, 0.717) is 21.3 Å². The zero-order chi connectivity index (χ0) is 17.5. The van der Waals surface area contributed by atoms with E-state index in [1.54, 1.807) is 6.07 Å². The fourth-order valence-electron chi connectivity index (χ4n) is 2.22. The van der Waals surface area contributed by atoms with Crippen molar-refractivity contribution in [2.75, 3.05) is 7.11 Å². The molecule has 9 heteroatoms. The van der Waals surface area contributed by atoms with E-state index in [2.05, 4.69) is 32.8 Å². The number of phenols is 1. The van der Waals surface area contributed by atoms with Gasteiger partial charge >= 0.3 is 6.18 Å². The van der Waals surface area contributed by atoms with E-state index < -0.39 is 11.7 Å². The largest absolute Gasteiger partial charge is 0.505 e. The van der Waals surface area contributed by atoms with Gasteiger partial charge in [-0.05, 0) is 24.3 Å². The van der Waals surface area contributed by atoms with Gasteiger partial charge in [0.2, 0.25) is 0 Å². The molecule has 0 atom stereocenters. The van der Waals surface area contributed by atoms with Crippen molar-refractivity contribution in [1.29, 1.82) is 0 Å². The van der Waals surface area contributed by atoms with Crippen LogP contribution in [0.2, 0.25) is 0 Å². The van der Waals surface area contributed by atoms with Crippen LogP contribution in [0, 0.1) is 0 Å². The zero-order valence-corrected chi connectivity index (χ0v) is 14.5. The third-order valence-electron chi connectivity index (χ3n) is 3.45. The molecule has 2 aromatic carbocycles. The monoisotopic (exact) mass is 449 g/mol. The van der Waals surface area contributed by atoms with Crippen LogP contribution in [0.1, 0.15) is 11.1 Å². The first-order valence-corrected chi connectivity index (χ1v) is 8.26. The van der Waals surface area contributed by atoms with Crippen molar-refractivity contribution in [2.24, 2.45) is 0 Å². The van der Waals surface area contributed by atoms with E-state index in [1.165, 1.54) is 19.2 Å². The predicted octanol–water partition coefficient (Wildman–Crippen LogP) is 4.09. The fourth-order valence-corrected chi connectivity index (χ4v) is 2.80. The molecule has 126 valence electrons. The summed E-state index contributed by atoms with van der Waals surface area (Å²) in [6.45, 7) is 0. The van der Waals surface area contributed by atoms with Gasteiger partial charge in [-0.25, -0.2) is 0 Å². The first-order chi connectivity index (χ1) is 11.3. The normalized spacial score (nSPS) is 11.9. The molecule has 1 N–H and O–H groups in total. The summed E-state index contributed by atoms with van der Waals surface area (Å²) in [6, 6.07) is 6.32. The highest BCUT2D eigenvalue weighted by Gasteiger charge is 2.31. The van der Waals surface area contributed by atoms with Crippen molar-refractivity contribution in [3.05, 3.63) is 41.5 Å². The molecule has 0 aliphatic carbocycles. The molecule has 0 saturated carbocycles. The molecule has 0 saturated heterocycles. The molecule has 24 heavy (non-hydrogen) atoms. The average Bonchev–Trinajstić information content (AvgIpc) is 2.97. The maximum Gasteiger partial charge on any atom is 0.416 e. The lowest BCUT2D eigenvalue weighted by molar-refractivity contribution is -0.137. The molecular weight excluding hydrogens is 438 g/mol. The number of hydrogen-bond donors (Lipinski definition) is 1. The van der Waals surface area contributed by atoms with Gasteiger partial charge in [-0.2, -0.15) is 13.2 Å². The van der Waals surface area contributed by atoms with Crippen molar-refractivity contribution < 1.29 is 23.0 Å². The molecule has 1 heterocycles. The van der Waals surface area contributed by atoms with Crippen LogP contribution >= 0.6 is 22.6 Å². The van der Waals surface area contributed by atoms with Crippen LogP contribution in [-0.4, -0.2) is 27.2 Å². The first kappa shape index (κ1) is 16.8. The molecule has 0 fully saturated rings. The number of fused-ring (bicyclic) bond motifs is 1. The van der Waals surface area contributed by atoms with E-state index in [4.69, 9.17) is 4.74 Å². The number of halogens is 4. The van der Waals surface area contributed by atoms with Gasteiger partial charge in [0.15, 0.2) is 0 Å². The van der Waals surface area contributed by atoms with Gasteiger partial charge < -0.3 is 9.84 Å². The Labute approximate surface area is 148 Å². The van der Waals surface area contributed by atoms with Crippen LogP contribution in [0.25, 0.3) is 16.7 Å². The van der Waals surface area contributed by atoms with Crippen molar-refractivity contribution in [3.8, 4) is 17.2 Å². The number of methoxy groups -OCH3 is 1. The number of ether oxygens (including phenoxy) is 1. The summed E-state index contributed by atoms with van der Waals surface area (Å²) in [6.07, 6.45) is -4.45. The highest BCUT2D eigenvalue weighted by atomic mass is 127. The molecule has 1 aromatic heterocycles. The fraction of sp³-hybridized carbons (Fsp3) is 0.200. The van der Waals surface area contributed by atoms with Crippen LogP contribution in [0.3, 0.4) is 0 Å². The summed E-state index contributed by atoms with van der Waals surface area (Å²) in [5, 5.41) is 18.5. The number of benzene rings is 2. The number of nitrogens with zero attached hydrogens (tertiary/aromatic N) is 3. The Bertz CT molecular complexity index is 909. The Balaban J connectivity index is 2.16. The van der Waals surface area contributed by atoms with Crippen molar-refractivity contribution in [2.45, 2.75) is 10.6 Å². The number of hydrogen-bond acceptors (Lipinski definition) is 4. The molecule has 0 unspecified atom stereocenters. The third kappa shape index (κ3) is 2.99. The van der Waals surface area contributed by atoms with Crippen molar-refractivity contribution in [3.63, 3.8) is 0 Å². The van der Waals surface area contributed by atoms with Crippen LogP contribution < -0.4 is 4.74 Å². The number of aromatic hydroxyl groups is 1. The topological polar surface area (TPSA) is 60.2 Å². The quantitative estimate of drug-likeness (QED) is 0.484. The number of aromatic nitrogens is 3. The Kier molecular flexibility index (Phi) is 4.28. The predicted molar refractivity (Wildman–Crippen MR) is 89.8 cm³/mol. The zero-order valence-electron chi connectivity index (χ0n) is 12.3. The van der Waals surface area contributed by atoms with Gasteiger partial charge in [-0.15, -0.1) is 15.0 Å². The lowest BCUT2D eigenvalue weighted by Crippen LogP contribution is -2.04. The highest BCUT2D eigenvalue weighted by molar-refractivity contribution is 14.1. The summed E-state index contributed by atoms with van der Waals surface area (Å²) in [4.78, 5) is 1.11. The Hall–Kier alpha value is -2.04. The summed E-state index contributed by atoms with van der Waals surface area (Å²) >= 11 is 2.08. The van der Waals surface area contributed by atoms with Gasteiger partial charge in [0.05, 0.1) is 12.7 Å². The summed E-state index contributed by atoms with van der Waals surface area (Å²) in [7, 11) is 1.48. The molecule has 3 rings (SSSR count). The van der Waals surface area contributed by atoms with E-state index in [0.717, 1.165) is 16.9 Å². The smallest absolute Gasteiger partial charge is 0.416 e.